The molecule has 0 aromatic heterocycles. The second-order valence-corrected chi connectivity index (χ2v) is 13.4. The normalized spacial score (nSPS) is 13.0. The molecule has 45 heavy (non-hydrogen) atoms. The van der Waals surface area contributed by atoms with Crippen molar-refractivity contribution in [3.63, 3.8) is 0 Å². The van der Waals surface area contributed by atoms with Gasteiger partial charge in [0.1, 0.15) is 6.10 Å². The standard InChI is InChI=1S/C42H77NO2/c1-5-7-9-11-13-15-17-19-21-23-25-27-29-31-33-35-37-41(45-42(44)39-40-43(3)4)38-36-34-32-30-28-26-24-22-20-18-16-14-12-10-8-6-2/h13-16,19-22,41H,5-12,17-18,23-40H2,1-4H3/b15-13-,16-14?,21-19?,22-20?. The Bertz CT molecular complexity index is 672. The monoisotopic (exact) mass is 628 g/mol. The molecule has 0 aliphatic rings. The fourth-order valence-corrected chi connectivity index (χ4v) is 5.54. The van der Waals surface area contributed by atoms with Gasteiger partial charge in [0, 0.05) is 6.54 Å². The van der Waals surface area contributed by atoms with E-state index in [9.17, 15) is 4.79 Å². The lowest BCUT2D eigenvalue weighted by Crippen LogP contribution is -2.22. The number of carbonyl (C=O) groups is 1. The van der Waals surface area contributed by atoms with E-state index in [1.165, 1.54) is 141 Å². The number of rotatable bonds is 34. The van der Waals surface area contributed by atoms with E-state index in [-0.39, 0.29) is 12.1 Å². The number of carbonyl (C=O) groups excluding carboxylic acids is 1. The molecule has 3 nitrogen and oxygen atoms in total. The molecule has 0 radical (unpaired) electrons. The van der Waals surface area contributed by atoms with Crippen LogP contribution in [0.2, 0.25) is 0 Å². The highest BCUT2D eigenvalue weighted by atomic mass is 16.5. The van der Waals surface area contributed by atoms with Gasteiger partial charge >= 0.3 is 5.97 Å². The first kappa shape index (κ1) is 43.4. The third-order valence-electron chi connectivity index (χ3n) is 8.51. The Hall–Kier alpha value is -1.61. The smallest absolute Gasteiger partial charge is 0.307 e. The highest BCUT2D eigenvalue weighted by Crippen LogP contribution is 2.18. The molecule has 1 unspecified atom stereocenters. The quantitative estimate of drug-likeness (QED) is 0.0404. The zero-order valence-corrected chi connectivity index (χ0v) is 30.8. The number of nitrogens with zero attached hydrogens (tertiary/aromatic N) is 1. The molecule has 0 aromatic carbocycles. The SMILES string of the molecule is CCCCCC=CCC=CCCCCCCCCC(CCCCCCCCC=CC/C=C\CCCCC)OC(=O)CCN(C)C. The third-order valence-corrected chi connectivity index (χ3v) is 8.51. The van der Waals surface area contributed by atoms with Gasteiger partial charge in [-0.25, -0.2) is 0 Å². The lowest BCUT2D eigenvalue weighted by molar-refractivity contribution is -0.150. The molecule has 3 heteroatoms. The molecule has 0 fully saturated rings. The van der Waals surface area contributed by atoms with Crippen LogP contribution >= 0.6 is 0 Å². The van der Waals surface area contributed by atoms with Gasteiger partial charge in [0.05, 0.1) is 6.42 Å². The molecule has 0 saturated carbocycles. The highest BCUT2D eigenvalue weighted by Gasteiger charge is 2.14. The maximum absolute atomic E-state index is 12.4. The molecule has 0 aromatic rings. The van der Waals surface area contributed by atoms with Gasteiger partial charge in [-0.05, 0) is 104 Å². The minimum absolute atomic E-state index is 0.0197. The van der Waals surface area contributed by atoms with Crippen molar-refractivity contribution < 1.29 is 9.53 Å². The van der Waals surface area contributed by atoms with Gasteiger partial charge in [-0.15, -0.1) is 0 Å². The first-order valence-corrected chi connectivity index (χ1v) is 19.5. The van der Waals surface area contributed by atoms with E-state index in [1.54, 1.807) is 0 Å². The fourth-order valence-electron chi connectivity index (χ4n) is 5.54. The van der Waals surface area contributed by atoms with Gasteiger partial charge in [-0.1, -0.05) is 140 Å². The summed E-state index contributed by atoms with van der Waals surface area (Å²) in [6.07, 6.45) is 51.8. The third kappa shape index (κ3) is 36.7. The number of esters is 1. The molecule has 0 N–H and O–H groups in total. The number of hydrogen-bond acceptors (Lipinski definition) is 3. The Morgan fingerprint density at radius 2 is 0.867 bits per heavy atom. The zero-order valence-electron chi connectivity index (χ0n) is 30.8. The van der Waals surface area contributed by atoms with Crippen molar-refractivity contribution in [2.24, 2.45) is 0 Å². The Kier molecular flexibility index (Phi) is 35.5. The zero-order chi connectivity index (χ0) is 32.9. The molecular weight excluding hydrogens is 550 g/mol. The first-order valence-electron chi connectivity index (χ1n) is 19.5. The summed E-state index contributed by atoms with van der Waals surface area (Å²) in [7, 11) is 4.03. The molecule has 0 rings (SSSR count). The second-order valence-electron chi connectivity index (χ2n) is 13.4. The Morgan fingerprint density at radius 3 is 1.24 bits per heavy atom. The van der Waals surface area contributed by atoms with Crippen LogP contribution in [0.15, 0.2) is 48.6 Å². The summed E-state index contributed by atoms with van der Waals surface area (Å²) in [5.74, 6) is -0.0197. The van der Waals surface area contributed by atoms with Crippen molar-refractivity contribution in [2.45, 2.75) is 193 Å². The minimum Gasteiger partial charge on any atom is -0.462 e. The number of unbranched alkanes of at least 4 members (excludes halogenated alkanes) is 18. The average Bonchev–Trinajstić information content (AvgIpc) is 3.03. The van der Waals surface area contributed by atoms with Crippen LogP contribution in [-0.4, -0.2) is 37.6 Å². The molecular formula is C42H77NO2. The molecule has 0 bridgehead atoms. The van der Waals surface area contributed by atoms with Crippen LogP contribution in [0, 0.1) is 0 Å². The molecule has 0 heterocycles. The van der Waals surface area contributed by atoms with E-state index in [1.807, 2.05) is 14.1 Å². The molecule has 0 saturated heterocycles. The number of hydrogen-bond donors (Lipinski definition) is 0. The van der Waals surface area contributed by atoms with E-state index in [0.29, 0.717) is 6.42 Å². The van der Waals surface area contributed by atoms with Crippen LogP contribution < -0.4 is 0 Å². The summed E-state index contributed by atoms with van der Waals surface area (Å²) in [4.78, 5) is 14.5. The van der Waals surface area contributed by atoms with Gasteiger partial charge in [0.25, 0.3) is 0 Å². The van der Waals surface area contributed by atoms with Crippen molar-refractivity contribution in [3.8, 4) is 0 Å². The fraction of sp³-hybridized carbons (Fsp3) is 0.786. The maximum atomic E-state index is 12.4. The summed E-state index contributed by atoms with van der Waals surface area (Å²) in [6, 6.07) is 0. The molecule has 0 amide bonds. The topological polar surface area (TPSA) is 29.5 Å². The van der Waals surface area contributed by atoms with Crippen LogP contribution in [0.4, 0.5) is 0 Å². The van der Waals surface area contributed by atoms with Gasteiger partial charge < -0.3 is 9.64 Å². The summed E-state index contributed by atoms with van der Waals surface area (Å²) in [6.45, 7) is 5.29. The van der Waals surface area contributed by atoms with Crippen LogP contribution in [0.25, 0.3) is 0 Å². The summed E-state index contributed by atoms with van der Waals surface area (Å²) < 4.78 is 5.96. The van der Waals surface area contributed by atoms with E-state index in [4.69, 9.17) is 4.74 Å². The van der Waals surface area contributed by atoms with Crippen molar-refractivity contribution in [2.75, 3.05) is 20.6 Å². The molecule has 262 valence electrons. The second kappa shape index (κ2) is 36.9. The lowest BCUT2D eigenvalue weighted by Gasteiger charge is -2.19. The average molecular weight is 628 g/mol. The van der Waals surface area contributed by atoms with Crippen molar-refractivity contribution in [1.82, 2.24) is 4.90 Å². The van der Waals surface area contributed by atoms with Crippen molar-refractivity contribution >= 4 is 5.97 Å². The number of allylic oxidation sites excluding steroid dienone is 8. The predicted molar refractivity (Wildman–Crippen MR) is 201 cm³/mol. The highest BCUT2D eigenvalue weighted by molar-refractivity contribution is 5.69. The van der Waals surface area contributed by atoms with Crippen LogP contribution in [0.3, 0.4) is 0 Å². The molecule has 1 atom stereocenters. The summed E-state index contributed by atoms with van der Waals surface area (Å²) in [5, 5.41) is 0. The molecule has 0 aliphatic carbocycles. The minimum atomic E-state index is -0.0197. The molecule has 0 spiro atoms. The lowest BCUT2D eigenvalue weighted by atomic mass is 10.0. The Balaban J connectivity index is 3.96. The van der Waals surface area contributed by atoms with Gasteiger partial charge in [-0.2, -0.15) is 0 Å². The van der Waals surface area contributed by atoms with Gasteiger partial charge in [0.2, 0.25) is 0 Å². The van der Waals surface area contributed by atoms with E-state index in [2.05, 4.69) is 67.4 Å². The van der Waals surface area contributed by atoms with Gasteiger partial charge in [0.15, 0.2) is 0 Å². The van der Waals surface area contributed by atoms with E-state index in [0.717, 1.165) is 32.2 Å². The first-order chi connectivity index (χ1) is 22.1. The van der Waals surface area contributed by atoms with E-state index >= 15 is 0 Å². The van der Waals surface area contributed by atoms with Crippen molar-refractivity contribution in [3.05, 3.63) is 48.6 Å². The summed E-state index contributed by atoms with van der Waals surface area (Å²) >= 11 is 0. The summed E-state index contributed by atoms with van der Waals surface area (Å²) in [5.41, 5.74) is 0. The Labute approximate surface area is 282 Å². The van der Waals surface area contributed by atoms with E-state index < -0.39 is 0 Å². The van der Waals surface area contributed by atoms with Crippen LogP contribution in [-0.2, 0) is 9.53 Å². The molecule has 0 aliphatic heterocycles. The Morgan fingerprint density at radius 1 is 0.511 bits per heavy atom. The van der Waals surface area contributed by atoms with Gasteiger partial charge in [-0.3, -0.25) is 4.79 Å². The van der Waals surface area contributed by atoms with Crippen LogP contribution in [0.1, 0.15) is 187 Å². The van der Waals surface area contributed by atoms with Crippen molar-refractivity contribution in [1.29, 1.82) is 0 Å². The largest absolute Gasteiger partial charge is 0.462 e. The predicted octanol–water partition coefficient (Wildman–Crippen LogP) is 13.3. The number of ether oxygens (including phenoxy) is 1. The maximum Gasteiger partial charge on any atom is 0.307 e. The van der Waals surface area contributed by atoms with Crippen LogP contribution in [0.5, 0.6) is 0 Å².